The summed E-state index contributed by atoms with van der Waals surface area (Å²) < 4.78 is 22.1. The lowest BCUT2D eigenvalue weighted by Gasteiger charge is -1.96. The monoisotopic (exact) mass is 174 g/mol. The molecule has 0 aliphatic heterocycles. The summed E-state index contributed by atoms with van der Waals surface area (Å²) in [5.41, 5.74) is 0. The lowest BCUT2D eigenvalue weighted by atomic mass is 10.5. The van der Waals surface area contributed by atoms with Crippen LogP contribution in [0.25, 0.3) is 0 Å². The molecule has 1 unspecified atom stereocenters. The Morgan fingerprint density at radius 3 is 3.00 bits per heavy atom. The van der Waals surface area contributed by atoms with Crippen LogP contribution in [0.1, 0.15) is 13.3 Å². The first-order chi connectivity index (χ1) is 5.24. The molecule has 0 saturated heterocycles. The third kappa shape index (κ3) is 2.09. The Balaban J connectivity index is 2.73. The number of aromatic nitrogens is 3. The molecule has 0 radical (unpaired) electrons. The molecule has 0 N–H and O–H groups in total. The summed E-state index contributed by atoms with van der Waals surface area (Å²) in [6.45, 7) is 2.68. The summed E-state index contributed by atoms with van der Waals surface area (Å²) in [5.74, 6) is 0. The molecule has 1 rings (SSSR count). The second kappa shape index (κ2) is 3.59. The minimum Gasteiger partial charge on any atom is -0.767 e. The van der Waals surface area contributed by atoms with E-state index < -0.39 is 11.1 Å². The highest BCUT2D eigenvalue weighted by atomic mass is 32.2. The van der Waals surface area contributed by atoms with Gasteiger partial charge in [0.05, 0.1) is 6.20 Å². The Morgan fingerprint density at radius 1 is 1.82 bits per heavy atom. The summed E-state index contributed by atoms with van der Waals surface area (Å²) in [6.07, 6.45) is 2.32. The molecule has 1 aromatic heterocycles. The molecular formula is C5H8N3O2S-. The predicted octanol–water partition coefficient (Wildman–Crippen LogP) is -0.0739. The van der Waals surface area contributed by atoms with E-state index in [1.807, 2.05) is 6.92 Å². The van der Waals surface area contributed by atoms with Gasteiger partial charge in [-0.05, 0) is 6.42 Å². The minimum absolute atomic E-state index is 0.00144. The maximum absolute atomic E-state index is 10.3. The normalized spacial score (nSPS) is 13.3. The average Bonchev–Trinajstić information content (AvgIpc) is 2.37. The van der Waals surface area contributed by atoms with Crippen molar-refractivity contribution in [2.24, 2.45) is 0 Å². The van der Waals surface area contributed by atoms with E-state index in [0.717, 1.165) is 6.42 Å². The summed E-state index contributed by atoms with van der Waals surface area (Å²) in [4.78, 5) is 0. The third-order valence-electron chi connectivity index (χ3n) is 1.14. The second-order valence-corrected chi connectivity index (χ2v) is 2.94. The van der Waals surface area contributed by atoms with Crippen molar-refractivity contribution in [3.05, 3.63) is 6.20 Å². The van der Waals surface area contributed by atoms with E-state index >= 15 is 0 Å². The van der Waals surface area contributed by atoms with Crippen molar-refractivity contribution in [3.63, 3.8) is 0 Å². The maximum atomic E-state index is 10.3. The standard InChI is InChI=1S/C5H9N3O2S/c1-2-3-8-4-5(6-7-8)11(9)10/h4H,2-3H2,1H3,(H,9,10)/p-1. The highest BCUT2D eigenvalue weighted by Crippen LogP contribution is 1.97. The van der Waals surface area contributed by atoms with Crippen LogP contribution in [0.4, 0.5) is 0 Å². The predicted molar refractivity (Wildman–Crippen MR) is 37.5 cm³/mol. The molecule has 0 amide bonds. The van der Waals surface area contributed by atoms with Gasteiger partial charge in [-0.25, -0.2) is 0 Å². The molecule has 1 atom stereocenters. The second-order valence-electron chi connectivity index (χ2n) is 2.05. The van der Waals surface area contributed by atoms with Gasteiger partial charge < -0.3 is 4.55 Å². The third-order valence-corrected chi connectivity index (χ3v) is 1.67. The molecular weight excluding hydrogens is 166 g/mol. The zero-order valence-corrected chi connectivity index (χ0v) is 6.87. The van der Waals surface area contributed by atoms with Crippen molar-refractivity contribution >= 4 is 11.1 Å². The van der Waals surface area contributed by atoms with Gasteiger partial charge in [-0.1, -0.05) is 12.1 Å². The highest BCUT2D eigenvalue weighted by Gasteiger charge is 1.98. The first kappa shape index (κ1) is 8.35. The van der Waals surface area contributed by atoms with Gasteiger partial charge in [0.2, 0.25) is 0 Å². The van der Waals surface area contributed by atoms with E-state index in [9.17, 15) is 8.76 Å². The van der Waals surface area contributed by atoms with Gasteiger partial charge >= 0.3 is 0 Å². The number of hydrogen-bond donors (Lipinski definition) is 0. The molecule has 6 heteroatoms. The van der Waals surface area contributed by atoms with Crippen LogP contribution in [0, 0.1) is 0 Å². The Labute approximate surface area is 66.7 Å². The fourth-order valence-electron chi connectivity index (χ4n) is 0.695. The fraction of sp³-hybridized carbons (Fsp3) is 0.600. The first-order valence-corrected chi connectivity index (χ1v) is 4.31. The molecule has 0 aliphatic carbocycles. The van der Waals surface area contributed by atoms with Gasteiger partial charge in [-0.2, -0.15) is 0 Å². The molecule has 11 heavy (non-hydrogen) atoms. The molecule has 0 bridgehead atoms. The van der Waals surface area contributed by atoms with Gasteiger partial charge in [-0.3, -0.25) is 8.89 Å². The molecule has 0 spiro atoms. The van der Waals surface area contributed by atoms with Gasteiger partial charge in [0.1, 0.15) is 0 Å². The Bertz CT molecular complexity index is 260. The lowest BCUT2D eigenvalue weighted by molar-refractivity contribution is 0.533. The molecule has 1 heterocycles. The van der Waals surface area contributed by atoms with Crippen LogP contribution in [0.2, 0.25) is 0 Å². The van der Waals surface area contributed by atoms with E-state index in [0.29, 0.717) is 6.54 Å². The highest BCUT2D eigenvalue weighted by molar-refractivity contribution is 7.79. The van der Waals surface area contributed by atoms with Crippen molar-refractivity contribution in [3.8, 4) is 0 Å². The average molecular weight is 174 g/mol. The molecule has 0 aliphatic rings. The Kier molecular flexibility index (Phi) is 2.72. The van der Waals surface area contributed by atoms with Crippen LogP contribution in [-0.4, -0.2) is 23.8 Å². The number of aryl methyl sites for hydroxylation is 1. The summed E-state index contributed by atoms with van der Waals surface area (Å²) in [6, 6.07) is 0. The SMILES string of the molecule is CCCn1cc(S(=O)[O-])nn1. The van der Waals surface area contributed by atoms with Crippen molar-refractivity contribution < 1.29 is 8.76 Å². The van der Waals surface area contributed by atoms with Gasteiger partial charge in [-0.15, -0.1) is 5.10 Å². The van der Waals surface area contributed by atoms with Crippen LogP contribution >= 0.6 is 0 Å². The molecule has 0 aromatic carbocycles. The zero-order valence-electron chi connectivity index (χ0n) is 6.06. The topological polar surface area (TPSA) is 70.8 Å². The van der Waals surface area contributed by atoms with Gasteiger partial charge in [0.25, 0.3) is 0 Å². The van der Waals surface area contributed by atoms with Crippen LogP contribution in [0.3, 0.4) is 0 Å². The van der Waals surface area contributed by atoms with Gasteiger partial charge in [0.15, 0.2) is 5.03 Å². The number of rotatable bonds is 3. The van der Waals surface area contributed by atoms with E-state index in [-0.39, 0.29) is 5.03 Å². The summed E-state index contributed by atoms with van der Waals surface area (Å²) in [5, 5.41) is 7.03. The molecule has 0 saturated carbocycles. The Hall–Kier alpha value is -0.750. The van der Waals surface area contributed by atoms with E-state index in [2.05, 4.69) is 10.3 Å². The van der Waals surface area contributed by atoms with E-state index in [4.69, 9.17) is 0 Å². The summed E-state index contributed by atoms with van der Waals surface area (Å²) in [7, 11) is 0. The smallest absolute Gasteiger partial charge is 0.155 e. The van der Waals surface area contributed by atoms with Crippen LogP contribution < -0.4 is 0 Å². The van der Waals surface area contributed by atoms with Crippen molar-refractivity contribution in [2.75, 3.05) is 0 Å². The zero-order chi connectivity index (χ0) is 8.27. The van der Waals surface area contributed by atoms with Gasteiger partial charge in [0, 0.05) is 17.6 Å². The molecule has 5 nitrogen and oxygen atoms in total. The minimum atomic E-state index is -2.26. The number of hydrogen-bond acceptors (Lipinski definition) is 4. The first-order valence-electron chi connectivity index (χ1n) is 3.23. The molecule has 62 valence electrons. The van der Waals surface area contributed by atoms with Crippen molar-refractivity contribution in [1.82, 2.24) is 15.0 Å². The quantitative estimate of drug-likeness (QED) is 0.601. The van der Waals surface area contributed by atoms with Crippen LogP contribution in [0.5, 0.6) is 0 Å². The fourth-order valence-corrected chi connectivity index (χ4v) is 1.01. The summed E-state index contributed by atoms with van der Waals surface area (Å²) >= 11 is -2.26. The molecule has 1 aromatic rings. The van der Waals surface area contributed by atoms with Crippen LogP contribution in [0.15, 0.2) is 11.2 Å². The Morgan fingerprint density at radius 2 is 2.55 bits per heavy atom. The molecule has 0 fully saturated rings. The maximum Gasteiger partial charge on any atom is 0.155 e. The van der Waals surface area contributed by atoms with E-state index in [1.165, 1.54) is 10.9 Å². The van der Waals surface area contributed by atoms with Crippen molar-refractivity contribution in [2.45, 2.75) is 24.9 Å². The van der Waals surface area contributed by atoms with Crippen LogP contribution in [-0.2, 0) is 17.6 Å². The number of nitrogens with zero attached hydrogens (tertiary/aromatic N) is 3. The van der Waals surface area contributed by atoms with Crippen molar-refractivity contribution in [1.29, 1.82) is 0 Å². The van der Waals surface area contributed by atoms with E-state index in [1.54, 1.807) is 0 Å². The largest absolute Gasteiger partial charge is 0.767 e. The lowest BCUT2D eigenvalue weighted by Crippen LogP contribution is -1.96.